The zero-order valence-electron chi connectivity index (χ0n) is 27.8. The van der Waals surface area contributed by atoms with Crippen LogP contribution in [0.3, 0.4) is 0 Å². The minimum atomic E-state index is -1.02. The van der Waals surface area contributed by atoms with Gasteiger partial charge in [0.1, 0.15) is 30.2 Å². The molecule has 4 rings (SSSR count). The molecule has 254 valence electrons. The van der Waals surface area contributed by atoms with Crippen LogP contribution in [-0.4, -0.2) is 97.9 Å². The predicted octanol–water partition coefficient (Wildman–Crippen LogP) is 2.31. The second-order valence-electron chi connectivity index (χ2n) is 12.6. The molecular formula is C35H47N5O7. The van der Waals surface area contributed by atoms with Gasteiger partial charge in [0.2, 0.25) is 23.6 Å². The van der Waals surface area contributed by atoms with E-state index in [0.717, 1.165) is 5.56 Å². The molecule has 2 aliphatic rings. The molecule has 47 heavy (non-hydrogen) atoms. The average Bonchev–Trinajstić information content (AvgIpc) is 3.54. The van der Waals surface area contributed by atoms with E-state index >= 15 is 0 Å². The molecule has 0 aromatic heterocycles. The number of likely N-dealkylation sites (N-methyl/N-ethyl adjacent to an activating group) is 1. The van der Waals surface area contributed by atoms with Crippen molar-refractivity contribution in [3.05, 3.63) is 59.7 Å². The Kier molecular flexibility index (Phi) is 12.6. The second kappa shape index (κ2) is 16.8. The van der Waals surface area contributed by atoms with Gasteiger partial charge in [-0.1, -0.05) is 38.1 Å². The van der Waals surface area contributed by atoms with Crippen LogP contribution in [0.4, 0.5) is 0 Å². The van der Waals surface area contributed by atoms with Crippen molar-refractivity contribution in [1.29, 1.82) is 0 Å². The summed E-state index contributed by atoms with van der Waals surface area (Å²) in [5, 5.41) is 8.70. The fourth-order valence-electron chi connectivity index (χ4n) is 6.05. The Bertz CT molecular complexity index is 1430. The van der Waals surface area contributed by atoms with E-state index in [1.165, 1.54) is 9.80 Å². The smallest absolute Gasteiger partial charge is 0.255 e. The summed E-state index contributed by atoms with van der Waals surface area (Å²) in [6, 6.07) is 12.2. The van der Waals surface area contributed by atoms with Crippen molar-refractivity contribution in [2.45, 2.75) is 70.5 Å². The number of nitrogens with one attached hydrogen (secondary N) is 3. The van der Waals surface area contributed by atoms with E-state index < -0.39 is 23.9 Å². The number of rotatable bonds is 7. The van der Waals surface area contributed by atoms with E-state index in [9.17, 15) is 24.0 Å². The molecule has 12 heteroatoms. The highest BCUT2D eigenvalue weighted by Crippen LogP contribution is 2.23. The summed E-state index contributed by atoms with van der Waals surface area (Å²) < 4.78 is 11.4. The SMILES string of the molecule is COc1cccc(CCNC(=O)[C@@H]2CCC(=O)N3CCC[C@H]3C(=O)N(C)CC(=O)N[C@@H](CC(C)C)COc3ccccc3C(=O)N2)c1. The maximum absolute atomic E-state index is 13.6. The summed E-state index contributed by atoms with van der Waals surface area (Å²) in [7, 11) is 3.15. The first kappa shape index (κ1) is 35.2. The molecule has 2 aromatic carbocycles. The van der Waals surface area contributed by atoms with E-state index in [2.05, 4.69) is 16.0 Å². The lowest BCUT2D eigenvalue weighted by Gasteiger charge is -2.29. The van der Waals surface area contributed by atoms with Gasteiger partial charge in [0.25, 0.3) is 5.91 Å². The molecule has 3 atom stereocenters. The molecule has 2 aliphatic heterocycles. The van der Waals surface area contributed by atoms with Crippen LogP contribution >= 0.6 is 0 Å². The van der Waals surface area contributed by atoms with E-state index in [-0.39, 0.29) is 61.2 Å². The highest BCUT2D eigenvalue weighted by Gasteiger charge is 2.36. The Balaban J connectivity index is 1.57. The zero-order chi connectivity index (χ0) is 33.9. The number of carbonyl (C=O) groups excluding carboxylic acids is 5. The molecule has 0 radical (unpaired) electrons. The summed E-state index contributed by atoms with van der Waals surface area (Å²) in [5.74, 6) is -0.624. The fraction of sp³-hybridized carbons (Fsp3) is 0.514. The van der Waals surface area contributed by atoms with E-state index in [0.29, 0.717) is 50.3 Å². The minimum Gasteiger partial charge on any atom is -0.497 e. The Morgan fingerprint density at radius 1 is 1.06 bits per heavy atom. The summed E-state index contributed by atoms with van der Waals surface area (Å²) >= 11 is 0. The van der Waals surface area contributed by atoms with Crippen LogP contribution in [0.2, 0.25) is 0 Å². The molecular weight excluding hydrogens is 602 g/mol. The van der Waals surface area contributed by atoms with Gasteiger partial charge in [-0.3, -0.25) is 24.0 Å². The maximum atomic E-state index is 13.6. The van der Waals surface area contributed by atoms with Crippen LogP contribution in [0.1, 0.15) is 61.9 Å². The second-order valence-corrected chi connectivity index (χ2v) is 12.6. The van der Waals surface area contributed by atoms with Gasteiger partial charge in [0, 0.05) is 26.6 Å². The molecule has 12 nitrogen and oxygen atoms in total. The molecule has 5 amide bonds. The number of benzene rings is 2. The number of ether oxygens (including phenoxy) is 2. The van der Waals surface area contributed by atoms with Gasteiger partial charge >= 0.3 is 0 Å². The van der Waals surface area contributed by atoms with Crippen molar-refractivity contribution in [2.75, 3.05) is 40.4 Å². The number of hydrogen-bond donors (Lipinski definition) is 3. The lowest BCUT2D eigenvalue weighted by molar-refractivity contribution is -0.144. The average molecular weight is 650 g/mol. The lowest BCUT2D eigenvalue weighted by Crippen LogP contribution is -2.51. The third kappa shape index (κ3) is 9.94. The van der Waals surface area contributed by atoms with Crippen LogP contribution in [-0.2, 0) is 25.6 Å². The Morgan fingerprint density at radius 3 is 2.62 bits per heavy atom. The monoisotopic (exact) mass is 649 g/mol. The molecule has 1 saturated heterocycles. The summed E-state index contributed by atoms with van der Waals surface area (Å²) in [6.07, 6.45) is 2.26. The number of carbonyl (C=O) groups is 5. The van der Waals surface area contributed by atoms with Gasteiger partial charge in [-0.15, -0.1) is 0 Å². The lowest BCUT2D eigenvalue weighted by atomic mass is 10.0. The number of para-hydroxylation sites is 1. The van der Waals surface area contributed by atoms with Crippen LogP contribution in [0.15, 0.2) is 48.5 Å². The first-order chi connectivity index (χ1) is 22.5. The van der Waals surface area contributed by atoms with Crippen LogP contribution in [0.25, 0.3) is 0 Å². The highest BCUT2D eigenvalue weighted by atomic mass is 16.5. The van der Waals surface area contributed by atoms with Crippen molar-refractivity contribution in [1.82, 2.24) is 25.8 Å². The molecule has 0 aliphatic carbocycles. The van der Waals surface area contributed by atoms with Crippen molar-refractivity contribution in [3.8, 4) is 11.5 Å². The summed E-state index contributed by atoms with van der Waals surface area (Å²) in [4.78, 5) is 69.9. The standard InChI is InChI=1S/C35H47N5O7/c1-23(2)19-25-22-47-30-13-6-5-11-27(30)33(43)38-28(34(44)36-17-16-24-9-7-10-26(20-24)46-4)14-15-32(42)40-18-8-12-29(40)35(45)39(3)21-31(41)37-25/h5-7,9-11,13,20,23,25,28-29H,8,12,14-19,21-22H2,1-4H3,(H,36,44)(H,37,41)(H,38,43)/t25-,28-,29-/m0/s1. The van der Waals surface area contributed by atoms with Crippen LogP contribution < -0.4 is 25.4 Å². The summed E-state index contributed by atoms with van der Waals surface area (Å²) in [6.45, 7) is 4.71. The maximum Gasteiger partial charge on any atom is 0.255 e. The molecule has 0 bridgehead atoms. The predicted molar refractivity (Wildman–Crippen MR) is 176 cm³/mol. The van der Waals surface area contributed by atoms with Gasteiger partial charge in [-0.25, -0.2) is 0 Å². The topological polar surface area (TPSA) is 146 Å². The zero-order valence-corrected chi connectivity index (χ0v) is 27.8. The van der Waals surface area contributed by atoms with Gasteiger partial charge in [0.15, 0.2) is 0 Å². The van der Waals surface area contributed by atoms with E-state index in [4.69, 9.17) is 9.47 Å². The molecule has 2 heterocycles. The van der Waals surface area contributed by atoms with E-state index in [1.54, 1.807) is 38.4 Å². The highest BCUT2D eigenvalue weighted by molar-refractivity contribution is 6.00. The normalized spacial score (nSPS) is 21.5. The number of amides is 5. The molecule has 0 unspecified atom stereocenters. The number of nitrogens with zero attached hydrogens (tertiary/aromatic N) is 2. The molecule has 0 saturated carbocycles. The number of hydrogen-bond acceptors (Lipinski definition) is 7. The van der Waals surface area contributed by atoms with Gasteiger partial charge in [0.05, 0.1) is 25.3 Å². The molecule has 0 spiro atoms. The summed E-state index contributed by atoms with van der Waals surface area (Å²) in [5.41, 5.74) is 1.20. The number of methoxy groups -OCH3 is 1. The quantitative estimate of drug-likeness (QED) is 0.417. The molecule has 1 fully saturated rings. The van der Waals surface area contributed by atoms with Gasteiger partial charge < -0.3 is 35.2 Å². The van der Waals surface area contributed by atoms with Crippen LogP contribution in [0, 0.1) is 5.92 Å². The molecule has 3 N–H and O–H groups in total. The van der Waals surface area contributed by atoms with E-state index in [1.807, 2.05) is 38.1 Å². The Morgan fingerprint density at radius 2 is 1.85 bits per heavy atom. The fourth-order valence-corrected chi connectivity index (χ4v) is 6.05. The third-order valence-electron chi connectivity index (χ3n) is 8.42. The Labute approximate surface area is 276 Å². The van der Waals surface area contributed by atoms with Gasteiger partial charge in [-0.05, 0) is 67.9 Å². The first-order valence-electron chi connectivity index (χ1n) is 16.3. The number of fused-ring (bicyclic) bond motifs is 2. The molecule has 2 aromatic rings. The van der Waals surface area contributed by atoms with Gasteiger partial charge in [-0.2, -0.15) is 0 Å². The van der Waals surface area contributed by atoms with Crippen molar-refractivity contribution >= 4 is 29.5 Å². The largest absolute Gasteiger partial charge is 0.497 e. The third-order valence-corrected chi connectivity index (χ3v) is 8.42. The first-order valence-corrected chi connectivity index (χ1v) is 16.3. The minimum absolute atomic E-state index is 0.0324. The van der Waals surface area contributed by atoms with Crippen molar-refractivity contribution in [2.24, 2.45) is 5.92 Å². The van der Waals surface area contributed by atoms with Crippen molar-refractivity contribution < 1.29 is 33.4 Å². The van der Waals surface area contributed by atoms with Crippen LogP contribution in [0.5, 0.6) is 11.5 Å². The Hall–Kier alpha value is -4.61. The van der Waals surface area contributed by atoms with Crippen molar-refractivity contribution in [3.63, 3.8) is 0 Å².